The molecule has 0 unspecified atom stereocenters. The Balaban J connectivity index is 1.65. The SMILES string of the molecule is C=C1CC/C(=C/C=C2\CCC[C@]3(C)[C@@H]([C@@H](C)CCCC(C)(C)O)CC[C@@H]23)C[C@H]1O. The fourth-order valence-corrected chi connectivity index (χ4v) is 6.63. The Morgan fingerprint density at radius 3 is 2.66 bits per heavy atom. The van der Waals surface area contributed by atoms with Crippen LogP contribution in [-0.4, -0.2) is 21.9 Å². The second kappa shape index (κ2) is 9.10. The summed E-state index contributed by atoms with van der Waals surface area (Å²) in [6.07, 6.45) is 17.1. The Hall–Kier alpha value is -0.860. The molecule has 0 aromatic carbocycles. The minimum absolute atomic E-state index is 0.342. The smallest absolute Gasteiger partial charge is 0.0784 e. The molecule has 5 atom stereocenters. The summed E-state index contributed by atoms with van der Waals surface area (Å²) in [5.74, 6) is 2.29. The summed E-state index contributed by atoms with van der Waals surface area (Å²) in [6.45, 7) is 12.9. The van der Waals surface area contributed by atoms with Gasteiger partial charge in [0, 0.05) is 0 Å². The van der Waals surface area contributed by atoms with E-state index in [1.165, 1.54) is 44.1 Å². The van der Waals surface area contributed by atoms with Crippen molar-refractivity contribution in [3.63, 3.8) is 0 Å². The predicted octanol–water partition coefficient (Wildman–Crippen LogP) is 6.73. The number of rotatable bonds is 6. The van der Waals surface area contributed by atoms with E-state index in [2.05, 4.69) is 32.6 Å². The van der Waals surface area contributed by atoms with Crippen molar-refractivity contribution in [3.05, 3.63) is 35.5 Å². The topological polar surface area (TPSA) is 40.5 Å². The van der Waals surface area contributed by atoms with Crippen LogP contribution in [0, 0.1) is 23.2 Å². The first-order valence-corrected chi connectivity index (χ1v) is 12.1. The van der Waals surface area contributed by atoms with E-state index in [4.69, 9.17) is 0 Å². The molecule has 3 fully saturated rings. The molecule has 29 heavy (non-hydrogen) atoms. The average Bonchev–Trinajstić information content (AvgIpc) is 2.99. The van der Waals surface area contributed by atoms with Crippen LogP contribution < -0.4 is 0 Å². The molecular formula is C27H44O2. The van der Waals surface area contributed by atoms with E-state index in [0.717, 1.165) is 55.4 Å². The number of fused-ring (bicyclic) bond motifs is 1. The van der Waals surface area contributed by atoms with E-state index in [-0.39, 0.29) is 6.10 Å². The van der Waals surface area contributed by atoms with Crippen LogP contribution in [0.3, 0.4) is 0 Å². The summed E-state index contributed by atoms with van der Waals surface area (Å²) in [5, 5.41) is 20.1. The molecule has 0 heterocycles. The Morgan fingerprint density at radius 2 is 1.97 bits per heavy atom. The molecule has 0 amide bonds. The highest BCUT2D eigenvalue weighted by Gasteiger charge is 2.50. The second-order valence-electron chi connectivity index (χ2n) is 11.2. The molecule has 2 nitrogen and oxygen atoms in total. The zero-order valence-corrected chi connectivity index (χ0v) is 19.3. The lowest BCUT2D eigenvalue weighted by Crippen LogP contribution is -2.36. The van der Waals surface area contributed by atoms with Gasteiger partial charge in [-0.3, -0.25) is 0 Å². The molecule has 0 aromatic heterocycles. The van der Waals surface area contributed by atoms with Crippen molar-refractivity contribution in [1.82, 2.24) is 0 Å². The van der Waals surface area contributed by atoms with Crippen molar-refractivity contribution in [3.8, 4) is 0 Å². The van der Waals surface area contributed by atoms with E-state index in [1.54, 1.807) is 5.57 Å². The highest BCUT2D eigenvalue weighted by molar-refractivity contribution is 5.28. The van der Waals surface area contributed by atoms with E-state index < -0.39 is 5.60 Å². The third-order valence-electron chi connectivity index (χ3n) is 8.40. The largest absolute Gasteiger partial charge is 0.390 e. The van der Waals surface area contributed by atoms with Gasteiger partial charge in [0.25, 0.3) is 0 Å². The molecule has 3 rings (SSSR count). The molecule has 0 aliphatic heterocycles. The zero-order valence-electron chi connectivity index (χ0n) is 19.3. The van der Waals surface area contributed by atoms with Crippen LogP contribution in [0.25, 0.3) is 0 Å². The quantitative estimate of drug-likeness (QED) is 0.485. The van der Waals surface area contributed by atoms with Crippen LogP contribution in [0.2, 0.25) is 0 Å². The average molecular weight is 401 g/mol. The third kappa shape index (κ3) is 5.44. The van der Waals surface area contributed by atoms with Crippen molar-refractivity contribution < 1.29 is 10.2 Å². The zero-order chi connectivity index (χ0) is 21.2. The van der Waals surface area contributed by atoms with Crippen molar-refractivity contribution in [2.75, 3.05) is 0 Å². The number of aliphatic hydroxyl groups is 2. The van der Waals surface area contributed by atoms with E-state index >= 15 is 0 Å². The van der Waals surface area contributed by atoms with Gasteiger partial charge in [-0.2, -0.15) is 0 Å². The summed E-state index contributed by atoms with van der Waals surface area (Å²) >= 11 is 0. The second-order valence-corrected chi connectivity index (χ2v) is 11.2. The maximum absolute atomic E-state index is 10.1. The van der Waals surface area contributed by atoms with Crippen LogP contribution in [0.4, 0.5) is 0 Å². The van der Waals surface area contributed by atoms with Crippen LogP contribution in [0.15, 0.2) is 35.5 Å². The van der Waals surface area contributed by atoms with Gasteiger partial charge in [0.05, 0.1) is 11.7 Å². The lowest BCUT2D eigenvalue weighted by Gasteiger charge is -2.44. The Bertz CT molecular complexity index is 650. The van der Waals surface area contributed by atoms with Crippen molar-refractivity contribution in [1.29, 1.82) is 0 Å². The number of hydrogen-bond donors (Lipinski definition) is 2. The first kappa shape index (κ1) is 22.8. The van der Waals surface area contributed by atoms with E-state index in [0.29, 0.717) is 5.41 Å². The number of hydrogen-bond acceptors (Lipinski definition) is 2. The monoisotopic (exact) mass is 400 g/mol. The molecular weight excluding hydrogens is 356 g/mol. The van der Waals surface area contributed by atoms with Gasteiger partial charge in [0.15, 0.2) is 0 Å². The summed E-state index contributed by atoms with van der Waals surface area (Å²) in [4.78, 5) is 0. The van der Waals surface area contributed by atoms with Gasteiger partial charge in [-0.05, 0) is 100 Å². The molecule has 0 aromatic rings. The molecule has 0 saturated heterocycles. The van der Waals surface area contributed by atoms with Crippen LogP contribution in [-0.2, 0) is 0 Å². The molecule has 3 aliphatic carbocycles. The van der Waals surface area contributed by atoms with Crippen molar-refractivity contribution in [2.24, 2.45) is 23.2 Å². The summed E-state index contributed by atoms with van der Waals surface area (Å²) in [6, 6.07) is 0. The Labute approximate surface area is 179 Å². The fraction of sp³-hybridized carbons (Fsp3) is 0.778. The van der Waals surface area contributed by atoms with Crippen molar-refractivity contribution in [2.45, 2.75) is 110 Å². The van der Waals surface area contributed by atoms with Gasteiger partial charge in [0.1, 0.15) is 0 Å². The molecule has 0 radical (unpaired) electrons. The normalized spacial score (nSPS) is 37.2. The lowest BCUT2D eigenvalue weighted by atomic mass is 9.60. The molecule has 3 aliphatic rings. The van der Waals surface area contributed by atoms with Crippen LogP contribution in [0.1, 0.15) is 98.3 Å². The molecule has 3 saturated carbocycles. The summed E-state index contributed by atoms with van der Waals surface area (Å²) in [7, 11) is 0. The van der Waals surface area contributed by atoms with Crippen molar-refractivity contribution >= 4 is 0 Å². The third-order valence-corrected chi connectivity index (χ3v) is 8.40. The first-order valence-electron chi connectivity index (χ1n) is 12.1. The van der Waals surface area contributed by atoms with Gasteiger partial charge in [0.2, 0.25) is 0 Å². The molecule has 0 spiro atoms. The molecule has 2 heteroatoms. The van der Waals surface area contributed by atoms with Gasteiger partial charge in [-0.25, -0.2) is 0 Å². The molecule has 2 N–H and O–H groups in total. The van der Waals surface area contributed by atoms with Gasteiger partial charge in [-0.1, -0.05) is 56.6 Å². The summed E-state index contributed by atoms with van der Waals surface area (Å²) in [5.41, 5.74) is 3.96. The molecule has 164 valence electrons. The Morgan fingerprint density at radius 1 is 1.21 bits per heavy atom. The van der Waals surface area contributed by atoms with Gasteiger partial charge >= 0.3 is 0 Å². The Kier molecular flexibility index (Phi) is 7.16. The standard InChI is InChI=1S/C27H44O2/c1-19(8-6-16-26(3,4)29)23-14-15-24-22(9-7-17-27(23,24)5)13-12-21-11-10-20(2)25(28)18-21/h12-13,19,23-25,28-29H,2,6-11,14-18H2,1,3-5H3/b21-12-,22-13+/t19-,23+,24-,25+,27+/m0/s1. The lowest BCUT2D eigenvalue weighted by molar-refractivity contribution is 0.0596. The first-order chi connectivity index (χ1) is 13.6. The minimum Gasteiger partial charge on any atom is -0.390 e. The van der Waals surface area contributed by atoms with E-state index in [9.17, 15) is 10.2 Å². The highest BCUT2D eigenvalue weighted by atomic mass is 16.3. The van der Waals surface area contributed by atoms with E-state index in [1.807, 2.05) is 13.8 Å². The number of aliphatic hydroxyl groups excluding tert-OH is 1. The van der Waals surface area contributed by atoms with Gasteiger partial charge < -0.3 is 10.2 Å². The highest BCUT2D eigenvalue weighted by Crippen LogP contribution is 2.59. The number of allylic oxidation sites excluding steroid dienone is 3. The maximum Gasteiger partial charge on any atom is 0.0784 e. The van der Waals surface area contributed by atoms with Crippen LogP contribution >= 0.6 is 0 Å². The summed E-state index contributed by atoms with van der Waals surface area (Å²) < 4.78 is 0. The predicted molar refractivity (Wildman–Crippen MR) is 123 cm³/mol. The fourth-order valence-electron chi connectivity index (χ4n) is 6.63. The molecule has 0 bridgehead atoms. The van der Waals surface area contributed by atoms with Gasteiger partial charge in [-0.15, -0.1) is 0 Å². The van der Waals surface area contributed by atoms with Crippen LogP contribution in [0.5, 0.6) is 0 Å². The maximum atomic E-state index is 10.1. The minimum atomic E-state index is -0.533.